The van der Waals surface area contributed by atoms with Crippen molar-refractivity contribution in [1.29, 1.82) is 0 Å². The van der Waals surface area contributed by atoms with Crippen LogP contribution >= 0.6 is 0 Å². The molecule has 3 aromatic rings. The van der Waals surface area contributed by atoms with E-state index in [-0.39, 0.29) is 47.0 Å². The molecule has 3 heterocycles. The molecule has 0 spiro atoms. The standard InChI is InChI=1S/C24H22F3N3O3S.H2O/c1-33-22-11-16(6-8-28-22)14-30(19-7-10-34(32)15-19)23(31)12-17-4-5-18(13-20(17)25)29-9-2-3-21(29)24(26)27;/h2-11,13,19,24H,12,14-15H2,1H3;1H2. The van der Waals surface area contributed by atoms with Gasteiger partial charge in [0.25, 0.3) is 6.43 Å². The normalized spacial score (nSPS) is 16.8. The summed E-state index contributed by atoms with van der Waals surface area (Å²) in [5.41, 5.74) is 0.890. The minimum Gasteiger partial charge on any atom is -0.481 e. The Morgan fingerprint density at radius 1 is 1.29 bits per heavy atom. The van der Waals surface area contributed by atoms with Crippen LogP contribution < -0.4 is 4.74 Å². The second-order valence-electron chi connectivity index (χ2n) is 7.73. The smallest absolute Gasteiger partial charge is 0.278 e. The Morgan fingerprint density at radius 2 is 2.09 bits per heavy atom. The summed E-state index contributed by atoms with van der Waals surface area (Å²) in [5.74, 6) is -0.370. The Kier molecular flexibility index (Phi) is 8.47. The fraction of sp³-hybridized carbons (Fsp3) is 0.250. The molecule has 7 nitrogen and oxygen atoms in total. The maximum Gasteiger partial charge on any atom is 0.278 e. The first kappa shape index (κ1) is 26.2. The summed E-state index contributed by atoms with van der Waals surface area (Å²) in [5, 5.41) is 1.55. The fourth-order valence-corrected chi connectivity index (χ4v) is 4.90. The number of nitrogens with zero attached hydrogens (tertiary/aromatic N) is 3. The van der Waals surface area contributed by atoms with E-state index in [1.807, 2.05) is 0 Å². The molecule has 2 unspecified atom stereocenters. The number of pyridine rings is 1. The van der Waals surface area contributed by atoms with Gasteiger partial charge < -0.3 is 19.7 Å². The number of hydrogen-bond acceptors (Lipinski definition) is 4. The molecular formula is C24H24F3N3O4S. The van der Waals surface area contributed by atoms with Crippen LogP contribution in [0.2, 0.25) is 0 Å². The predicted octanol–water partition coefficient (Wildman–Crippen LogP) is 3.35. The van der Waals surface area contributed by atoms with Crippen molar-refractivity contribution < 1.29 is 32.4 Å². The number of carbonyl (C=O) groups is 1. The molecule has 1 aromatic carbocycles. The number of amides is 1. The zero-order chi connectivity index (χ0) is 24.2. The average molecular weight is 508 g/mol. The molecule has 4 rings (SSSR count). The van der Waals surface area contributed by atoms with Gasteiger partial charge in [-0.3, -0.25) is 9.00 Å². The molecule has 0 bridgehead atoms. The van der Waals surface area contributed by atoms with Crippen molar-refractivity contribution in [3.05, 3.63) is 89.0 Å². The Bertz CT molecular complexity index is 1250. The van der Waals surface area contributed by atoms with Crippen molar-refractivity contribution in [1.82, 2.24) is 14.5 Å². The molecule has 186 valence electrons. The summed E-state index contributed by atoms with van der Waals surface area (Å²) in [7, 11) is 0.307. The molecule has 0 fully saturated rings. The first-order valence-electron chi connectivity index (χ1n) is 10.4. The first-order chi connectivity index (χ1) is 16.4. The fourth-order valence-electron chi connectivity index (χ4n) is 3.80. The SMILES string of the molecule is COc1cc(CN(C(=O)Cc2ccc(-n3cccc3C(F)F)cc2F)C2C=CS(=O)C2)ccn1.O. The summed E-state index contributed by atoms with van der Waals surface area (Å²) in [4.78, 5) is 18.9. The van der Waals surface area contributed by atoms with Gasteiger partial charge in [-0.15, -0.1) is 0 Å². The lowest BCUT2D eigenvalue weighted by Gasteiger charge is -2.28. The van der Waals surface area contributed by atoms with Crippen LogP contribution in [0, 0.1) is 5.82 Å². The average Bonchev–Trinajstić information content (AvgIpc) is 3.48. The Labute approximate surface area is 202 Å². The van der Waals surface area contributed by atoms with Gasteiger partial charge in [0.15, 0.2) is 0 Å². The van der Waals surface area contributed by atoms with E-state index in [4.69, 9.17) is 4.74 Å². The molecule has 0 saturated carbocycles. The van der Waals surface area contributed by atoms with Crippen LogP contribution in [0.4, 0.5) is 13.2 Å². The number of carbonyl (C=O) groups excluding carboxylic acids is 1. The van der Waals surface area contributed by atoms with Crippen molar-refractivity contribution in [3.63, 3.8) is 0 Å². The van der Waals surface area contributed by atoms with Crippen LogP contribution in [0.25, 0.3) is 5.69 Å². The zero-order valence-electron chi connectivity index (χ0n) is 18.7. The molecule has 0 aliphatic carbocycles. The van der Waals surface area contributed by atoms with E-state index in [1.165, 1.54) is 42.1 Å². The lowest BCUT2D eigenvalue weighted by Crippen LogP contribution is -2.41. The van der Waals surface area contributed by atoms with Crippen LogP contribution in [-0.2, 0) is 28.6 Å². The predicted molar refractivity (Wildman–Crippen MR) is 125 cm³/mol. The van der Waals surface area contributed by atoms with Crippen molar-refractivity contribution >= 4 is 16.7 Å². The lowest BCUT2D eigenvalue weighted by atomic mass is 10.1. The summed E-state index contributed by atoms with van der Waals surface area (Å²) < 4.78 is 59.5. The molecule has 35 heavy (non-hydrogen) atoms. The molecule has 1 aliphatic rings. The summed E-state index contributed by atoms with van der Waals surface area (Å²) in [6, 6.07) is 9.83. The number of rotatable bonds is 8. The highest BCUT2D eigenvalue weighted by molar-refractivity contribution is 7.88. The second-order valence-corrected chi connectivity index (χ2v) is 9.09. The Morgan fingerprint density at radius 3 is 2.74 bits per heavy atom. The number of ether oxygens (including phenoxy) is 1. The maximum atomic E-state index is 14.9. The van der Waals surface area contributed by atoms with E-state index in [0.717, 1.165) is 11.6 Å². The number of aromatic nitrogens is 2. The van der Waals surface area contributed by atoms with Gasteiger partial charge in [0.2, 0.25) is 11.8 Å². The Hall–Kier alpha value is -3.44. The number of halogens is 3. The summed E-state index contributed by atoms with van der Waals surface area (Å²) in [6.07, 6.45) is 1.76. The van der Waals surface area contributed by atoms with Crippen molar-refractivity contribution in [2.75, 3.05) is 12.9 Å². The van der Waals surface area contributed by atoms with Crippen LogP contribution in [0.1, 0.15) is 23.2 Å². The first-order valence-corrected chi connectivity index (χ1v) is 11.8. The third-order valence-electron chi connectivity index (χ3n) is 5.53. The molecule has 2 N–H and O–H groups in total. The highest BCUT2D eigenvalue weighted by Gasteiger charge is 2.27. The molecule has 0 radical (unpaired) electrons. The third-order valence-corrected chi connectivity index (χ3v) is 6.66. The zero-order valence-corrected chi connectivity index (χ0v) is 19.6. The van der Waals surface area contributed by atoms with Gasteiger partial charge >= 0.3 is 0 Å². The van der Waals surface area contributed by atoms with Gasteiger partial charge in [0.05, 0.1) is 31.0 Å². The van der Waals surface area contributed by atoms with Crippen LogP contribution in [0.3, 0.4) is 0 Å². The highest BCUT2D eigenvalue weighted by Crippen LogP contribution is 2.25. The van der Waals surface area contributed by atoms with E-state index in [9.17, 15) is 22.2 Å². The minimum absolute atomic E-state index is 0. The van der Waals surface area contributed by atoms with Gasteiger partial charge in [-0.1, -0.05) is 12.1 Å². The Balaban J connectivity index is 0.00000342. The number of benzene rings is 1. The third kappa shape index (κ3) is 5.98. The van der Waals surface area contributed by atoms with Gasteiger partial charge in [-0.05, 0) is 41.5 Å². The maximum absolute atomic E-state index is 14.9. The van der Waals surface area contributed by atoms with Gasteiger partial charge in [-0.25, -0.2) is 18.2 Å². The number of alkyl halides is 2. The monoisotopic (exact) mass is 507 g/mol. The van der Waals surface area contributed by atoms with Gasteiger partial charge in [-0.2, -0.15) is 0 Å². The van der Waals surface area contributed by atoms with Crippen LogP contribution in [0.5, 0.6) is 5.88 Å². The van der Waals surface area contributed by atoms with E-state index in [0.29, 0.717) is 5.88 Å². The molecule has 1 aliphatic heterocycles. The van der Waals surface area contributed by atoms with E-state index >= 15 is 0 Å². The van der Waals surface area contributed by atoms with Crippen LogP contribution in [0.15, 0.2) is 66.3 Å². The number of hydrogen-bond donors (Lipinski definition) is 0. The molecule has 2 atom stereocenters. The minimum atomic E-state index is -2.70. The van der Waals surface area contributed by atoms with Crippen molar-refractivity contribution in [3.8, 4) is 11.6 Å². The lowest BCUT2D eigenvalue weighted by molar-refractivity contribution is -0.132. The molecule has 0 saturated heterocycles. The summed E-state index contributed by atoms with van der Waals surface area (Å²) in [6.45, 7) is 0.199. The van der Waals surface area contributed by atoms with E-state index in [2.05, 4.69) is 4.98 Å². The van der Waals surface area contributed by atoms with Gasteiger partial charge in [0, 0.05) is 46.9 Å². The van der Waals surface area contributed by atoms with E-state index in [1.54, 1.807) is 34.7 Å². The van der Waals surface area contributed by atoms with Gasteiger partial charge in [0.1, 0.15) is 5.82 Å². The molecule has 11 heteroatoms. The molecular weight excluding hydrogens is 483 g/mol. The number of methoxy groups -OCH3 is 1. The quantitative estimate of drug-likeness (QED) is 0.467. The second kappa shape index (κ2) is 11.3. The van der Waals surface area contributed by atoms with Crippen LogP contribution in [-0.4, -0.2) is 48.9 Å². The van der Waals surface area contributed by atoms with Crippen molar-refractivity contribution in [2.45, 2.75) is 25.4 Å². The highest BCUT2D eigenvalue weighted by atomic mass is 32.2. The van der Waals surface area contributed by atoms with Crippen molar-refractivity contribution in [2.24, 2.45) is 0 Å². The molecule has 1 amide bonds. The topological polar surface area (TPSA) is 95.9 Å². The molecule has 2 aromatic heterocycles. The summed E-state index contributed by atoms with van der Waals surface area (Å²) >= 11 is 0. The van der Waals surface area contributed by atoms with E-state index < -0.39 is 29.1 Å². The largest absolute Gasteiger partial charge is 0.481 e.